The maximum Gasteiger partial charge on any atom is 0.273 e. The van der Waals surface area contributed by atoms with Gasteiger partial charge in [0, 0.05) is 25.2 Å². The minimum absolute atomic E-state index is 0.0106. The molecular formula is C20H18N4O2. The Morgan fingerprint density at radius 1 is 1.04 bits per heavy atom. The van der Waals surface area contributed by atoms with Crippen molar-refractivity contribution in [2.45, 2.75) is 37.9 Å². The first kappa shape index (κ1) is 15.3. The number of carbonyl (C=O) groups is 1. The monoisotopic (exact) mass is 346 g/mol. The molecule has 0 radical (unpaired) electrons. The summed E-state index contributed by atoms with van der Waals surface area (Å²) in [6.45, 7) is 0.501. The van der Waals surface area contributed by atoms with Gasteiger partial charge in [-0.05, 0) is 37.1 Å². The fourth-order valence-corrected chi connectivity index (χ4v) is 4.27. The van der Waals surface area contributed by atoms with Crippen molar-refractivity contribution in [1.29, 1.82) is 0 Å². The van der Waals surface area contributed by atoms with Crippen molar-refractivity contribution in [1.82, 2.24) is 19.4 Å². The summed E-state index contributed by atoms with van der Waals surface area (Å²) in [4.78, 5) is 36.9. The van der Waals surface area contributed by atoms with Gasteiger partial charge >= 0.3 is 0 Å². The number of benzene rings is 1. The number of aromatic nitrogens is 3. The number of fused-ring (bicyclic) bond motifs is 4. The molecule has 0 unspecified atom stereocenters. The molecule has 1 fully saturated rings. The lowest BCUT2D eigenvalue weighted by Gasteiger charge is -2.27. The van der Waals surface area contributed by atoms with Crippen molar-refractivity contribution in [3.8, 4) is 0 Å². The SMILES string of the molecule is O=C(c1ccccn1)N1[C@@H]2CC[C@H]1Cn1c(nc3ccccc3c1=O)C2. The van der Waals surface area contributed by atoms with Gasteiger partial charge in [-0.15, -0.1) is 0 Å². The number of pyridine rings is 1. The minimum Gasteiger partial charge on any atom is -0.329 e. The number of rotatable bonds is 1. The average molecular weight is 346 g/mol. The van der Waals surface area contributed by atoms with Gasteiger partial charge in [0.1, 0.15) is 11.5 Å². The van der Waals surface area contributed by atoms with Crippen LogP contribution in [0.2, 0.25) is 0 Å². The first-order valence-corrected chi connectivity index (χ1v) is 8.94. The fourth-order valence-electron chi connectivity index (χ4n) is 4.27. The standard InChI is InChI=1S/C20H18N4O2/c25-19-15-5-1-2-6-16(15)22-18-11-13-8-9-14(12-23(18)19)24(13)20(26)17-7-3-4-10-21-17/h1-7,10,13-14H,8-9,11-12H2/t13-,14+/m1/s1. The van der Waals surface area contributed by atoms with E-state index >= 15 is 0 Å². The van der Waals surface area contributed by atoms with E-state index in [2.05, 4.69) is 4.98 Å². The summed E-state index contributed by atoms with van der Waals surface area (Å²) < 4.78 is 1.77. The molecule has 2 aliphatic rings. The third-order valence-corrected chi connectivity index (χ3v) is 5.49. The lowest BCUT2D eigenvalue weighted by Crippen LogP contribution is -2.42. The normalized spacial score (nSPS) is 21.5. The molecule has 0 aliphatic carbocycles. The quantitative estimate of drug-likeness (QED) is 0.676. The topological polar surface area (TPSA) is 68.1 Å². The molecule has 26 heavy (non-hydrogen) atoms. The van der Waals surface area contributed by atoms with Crippen LogP contribution in [0.1, 0.15) is 29.2 Å². The summed E-state index contributed by atoms with van der Waals surface area (Å²) in [6, 6.07) is 12.9. The number of para-hydroxylation sites is 1. The van der Waals surface area contributed by atoms with Gasteiger partial charge in [0.15, 0.2) is 0 Å². The van der Waals surface area contributed by atoms with Crippen LogP contribution in [0.25, 0.3) is 10.9 Å². The highest BCUT2D eigenvalue weighted by Crippen LogP contribution is 2.32. The summed E-state index contributed by atoms with van der Waals surface area (Å²) in [7, 11) is 0. The van der Waals surface area contributed by atoms with Gasteiger partial charge in [0.2, 0.25) is 0 Å². The highest BCUT2D eigenvalue weighted by molar-refractivity contribution is 5.93. The molecule has 4 heterocycles. The molecule has 2 aliphatic heterocycles. The number of hydrogen-bond acceptors (Lipinski definition) is 4. The van der Waals surface area contributed by atoms with Crippen molar-refractivity contribution in [2.24, 2.45) is 0 Å². The number of nitrogens with zero attached hydrogens (tertiary/aromatic N) is 4. The van der Waals surface area contributed by atoms with E-state index in [0.717, 1.165) is 24.2 Å². The molecule has 1 amide bonds. The van der Waals surface area contributed by atoms with Crippen molar-refractivity contribution in [2.75, 3.05) is 0 Å². The summed E-state index contributed by atoms with van der Waals surface area (Å²) in [5.41, 5.74) is 1.17. The molecule has 3 aromatic rings. The smallest absolute Gasteiger partial charge is 0.273 e. The third kappa shape index (κ3) is 2.25. The molecule has 6 nitrogen and oxygen atoms in total. The molecule has 130 valence electrons. The molecule has 0 spiro atoms. The Labute approximate surface area is 150 Å². The lowest BCUT2D eigenvalue weighted by molar-refractivity contribution is 0.0659. The maximum atomic E-state index is 13.0. The molecule has 2 atom stereocenters. The molecule has 1 aromatic carbocycles. The summed E-state index contributed by atoms with van der Waals surface area (Å²) in [6.07, 6.45) is 4.09. The van der Waals surface area contributed by atoms with Gasteiger partial charge in [-0.2, -0.15) is 0 Å². The van der Waals surface area contributed by atoms with E-state index < -0.39 is 0 Å². The Balaban J connectivity index is 1.59. The summed E-state index contributed by atoms with van der Waals surface area (Å²) >= 11 is 0. The zero-order valence-electron chi connectivity index (χ0n) is 14.2. The average Bonchev–Trinajstić information content (AvgIpc) is 2.98. The van der Waals surface area contributed by atoms with Crippen molar-refractivity contribution < 1.29 is 4.79 Å². The predicted molar refractivity (Wildman–Crippen MR) is 96.9 cm³/mol. The Morgan fingerprint density at radius 3 is 2.69 bits per heavy atom. The van der Waals surface area contributed by atoms with Gasteiger partial charge in [0.25, 0.3) is 11.5 Å². The Kier molecular flexibility index (Phi) is 3.38. The largest absolute Gasteiger partial charge is 0.329 e. The number of hydrogen-bond donors (Lipinski definition) is 0. The van der Waals surface area contributed by atoms with Gasteiger partial charge in [-0.3, -0.25) is 19.1 Å². The number of carbonyl (C=O) groups excluding carboxylic acids is 1. The predicted octanol–water partition coefficient (Wildman–Crippen LogP) is 2.02. The maximum absolute atomic E-state index is 13.0. The van der Waals surface area contributed by atoms with E-state index in [1.807, 2.05) is 35.2 Å². The Hall–Kier alpha value is -3.02. The van der Waals surface area contributed by atoms with E-state index in [1.165, 1.54) is 0 Å². The van der Waals surface area contributed by atoms with E-state index in [1.54, 1.807) is 22.9 Å². The zero-order chi connectivity index (χ0) is 17.7. The van der Waals surface area contributed by atoms with E-state index in [-0.39, 0.29) is 23.6 Å². The van der Waals surface area contributed by atoms with Crippen LogP contribution < -0.4 is 5.56 Å². The fraction of sp³-hybridized carbons (Fsp3) is 0.300. The van der Waals surface area contributed by atoms with Crippen molar-refractivity contribution >= 4 is 16.8 Å². The first-order valence-electron chi connectivity index (χ1n) is 8.94. The second kappa shape index (κ2) is 5.76. The van der Waals surface area contributed by atoms with Crippen molar-refractivity contribution in [3.63, 3.8) is 0 Å². The second-order valence-electron chi connectivity index (χ2n) is 6.98. The summed E-state index contributed by atoms with van der Waals surface area (Å²) in [5, 5.41) is 0.636. The van der Waals surface area contributed by atoms with Crippen LogP contribution in [0.3, 0.4) is 0 Å². The molecule has 0 N–H and O–H groups in total. The Morgan fingerprint density at radius 2 is 1.85 bits per heavy atom. The van der Waals surface area contributed by atoms with Crippen LogP contribution in [0, 0.1) is 0 Å². The Bertz CT molecular complexity index is 1060. The molecule has 0 saturated carbocycles. The molecule has 2 bridgehead atoms. The van der Waals surface area contributed by atoms with Crippen LogP contribution in [0.15, 0.2) is 53.5 Å². The molecule has 5 rings (SSSR count). The zero-order valence-corrected chi connectivity index (χ0v) is 14.2. The van der Waals surface area contributed by atoms with Crippen LogP contribution in [-0.2, 0) is 13.0 Å². The van der Waals surface area contributed by atoms with Gasteiger partial charge in [-0.25, -0.2) is 4.98 Å². The highest BCUT2D eigenvalue weighted by Gasteiger charge is 2.41. The third-order valence-electron chi connectivity index (χ3n) is 5.49. The molecule has 1 saturated heterocycles. The lowest BCUT2D eigenvalue weighted by atomic mass is 10.1. The molecular weight excluding hydrogens is 328 g/mol. The van der Waals surface area contributed by atoms with E-state index in [9.17, 15) is 9.59 Å². The second-order valence-corrected chi connectivity index (χ2v) is 6.98. The van der Waals surface area contributed by atoms with Gasteiger partial charge < -0.3 is 4.90 Å². The molecule has 2 aromatic heterocycles. The minimum atomic E-state index is -0.0523. The first-order chi connectivity index (χ1) is 12.7. The van der Waals surface area contributed by atoms with E-state index in [4.69, 9.17) is 4.98 Å². The summed E-state index contributed by atoms with van der Waals surface area (Å²) in [5.74, 6) is 0.725. The highest BCUT2D eigenvalue weighted by atomic mass is 16.2. The molecule has 6 heteroatoms. The van der Waals surface area contributed by atoms with Gasteiger partial charge in [0.05, 0.1) is 16.9 Å². The van der Waals surface area contributed by atoms with Crippen LogP contribution in [0.4, 0.5) is 0 Å². The van der Waals surface area contributed by atoms with Crippen molar-refractivity contribution in [3.05, 3.63) is 70.5 Å². The van der Waals surface area contributed by atoms with Gasteiger partial charge in [-0.1, -0.05) is 18.2 Å². The van der Waals surface area contributed by atoms with Crippen LogP contribution in [0.5, 0.6) is 0 Å². The van der Waals surface area contributed by atoms with E-state index in [0.29, 0.717) is 24.0 Å². The van der Waals surface area contributed by atoms with Crippen LogP contribution in [-0.4, -0.2) is 37.4 Å². The van der Waals surface area contributed by atoms with Crippen LogP contribution >= 0.6 is 0 Å². The number of amides is 1.